The Balaban J connectivity index is 1.59. The Hall–Kier alpha value is -2.25. The molecule has 0 radical (unpaired) electrons. The van der Waals surface area contributed by atoms with Gasteiger partial charge in [0.25, 0.3) is 0 Å². The molecule has 2 atom stereocenters. The highest BCUT2D eigenvalue weighted by atomic mass is 32.2. The molecular formula is C19H15F3N2OS. The average Bonchev–Trinajstić information content (AvgIpc) is 3.22. The summed E-state index contributed by atoms with van der Waals surface area (Å²) >= 11 is 1.50. The normalized spacial score (nSPS) is 18.9. The fraction of sp³-hybridized carbons (Fsp3) is 0.211. The molecule has 1 aromatic heterocycles. The first-order chi connectivity index (χ1) is 12.6. The zero-order valence-electron chi connectivity index (χ0n) is 13.6. The van der Waals surface area contributed by atoms with E-state index in [1.54, 1.807) is 18.6 Å². The number of imidazole rings is 1. The van der Waals surface area contributed by atoms with Crippen molar-refractivity contribution in [2.24, 2.45) is 0 Å². The highest BCUT2D eigenvalue weighted by Gasteiger charge is 2.35. The zero-order valence-corrected chi connectivity index (χ0v) is 14.4. The quantitative estimate of drug-likeness (QED) is 0.644. The van der Waals surface area contributed by atoms with E-state index in [4.69, 9.17) is 4.74 Å². The molecular weight excluding hydrogens is 361 g/mol. The maximum atomic E-state index is 13.9. The SMILES string of the molecule is Fc1ccc2c(c1)S[C@@H](Cn1ccnc1)[C@H]2OCc1c(F)cccc1F. The van der Waals surface area contributed by atoms with Crippen LogP contribution < -0.4 is 0 Å². The second-order valence-corrected chi connectivity index (χ2v) is 7.31. The molecule has 0 fully saturated rings. The Morgan fingerprint density at radius 1 is 1.12 bits per heavy atom. The fourth-order valence-corrected chi connectivity index (χ4v) is 4.47. The van der Waals surface area contributed by atoms with Gasteiger partial charge in [-0.25, -0.2) is 18.2 Å². The van der Waals surface area contributed by atoms with Crippen LogP contribution in [0.1, 0.15) is 17.2 Å². The minimum atomic E-state index is -0.638. The van der Waals surface area contributed by atoms with Crippen LogP contribution in [-0.2, 0) is 17.9 Å². The number of thioether (sulfide) groups is 1. The molecule has 134 valence electrons. The van der Waals surface area contributed by atoms with E-state index in [9.17, 15) is 13.2 Å². The summed E-state index contributed by atoms with van der Waals surface area (Å²) in [5, 5.41) is -0.0594. The van der Waals surface area contributed by atoms with E-state index in [-0.39, 0.29) is 23.2 Å². The van der Waals surface area contributed by atoms with Gasteiger partial charge < -0.3 is 9.30 Å². The lowest BCUT2D eigenvalue weighted by molar-refractivity contribution is 0.0335. The van der Waals surface area contributed by atoms with E-state index in [0.29, 0.717) is 6.54 Å². The summed E-state index contributed by atoms with van der Waals surface area (Å²) in [5.41, 5.74) is 0.729. The molecule has 0 saturated heterocycles. The summed E-state index contributed by atoms with van der Waals surface area (Å²) in [6.45, 7) is 0.395. The lowest BCUT2D eigenvalue weighted by Gasteiger charge is -2.21. The van der Waals surface area contributed by atoms with Crippen LogP contribution in [0.2, 0.25) is 0 Å². The van der Waals surface area contributed by atoms with Crippen LogP contribution in [0.3, 0.4) is 0 Å². The third kappa shape index (κ3) is 3.37. The highest BCUT2D eigenvalue weighted by Crippen LogP contribution is 2.47. The van der Waals surface area contributed by atoms with Crippen molar-refractivity contribution in [3.8, 4) is 0 Å². The Kier molecular flexibility index (Phi) is 4.74. The zero-order chi connectivity index (χ0) is 18.1. The second kappa shape index (κ2) is 7.17. The van der Waals surface area contributed by atoms with Crippen molar-refractivity contribution in [2.75, 3.05) is 0 Å². The van der Waals surface area contributed by atoms with Gasteiger partial charge in [0.15, 0.2) is 0 Å². The van der Waals surface area contributed by atoms with Gasteiger partial charge in [-0.05, 0) is 29.8 Å². The van der Waals surface area contributed by atoms with Gasteiger partial charge in [-0.15, -0.1) is 11.8 Å². The summed E-state index contributed by atoms with van der Waals surface area (Å²) in [7, 11) is 0. The second-order valence-electron chi connectivity index (χ2n) is 6.03. The summed E-state index contributed by atoms with van der Waals surface area (Å²) in [6, 6.07) is 8.25. The van der Waals surface area contributed by atoms with Crippen LogP contribution in [0.5, 0.6) is 0 Å². The van der Waals surface area contributed by atoms with E-state index in [1.807, 2.05) is 10.8 Å². The first-order valence-electron chi connectivity index (χ1n) is 8.08. The van der Waals surface area contributed by atoms with Gasteiger partial charge in [-0.3, -0.25) is 0 Å². The van der Waals surface area contributed by atoms with Crippen molar-refractivity contribution in [2.45, 2.75) is 29.4 Å². The van der Waals surface area contributed by atoms with Crippen molar-refractivity contribution in [3.05, 3.63) is 83.7 Å². The molecule has 0 saturated carbocycles. The van der Waals surface area contributed by atoms with Crippen molar-refractivity contribution in [3.63, 3.8) is 0 Å². The number of hydrogen-bond donors (Lipinski definition) is 0. The van der Waals surface area contributed by atoms with Gasteiger partial charge in [-0.2, -0.15) is 0 Å². The Bertz CT molecular complexity index is 897. The largest absolute Gasteiger partial charge is 0.367 e. The third-order valence-corrected chi connectivity index (χ3v) is 5.62. The van der Waals surface area contributed by atoms with Crippen LogP contribution >= 0.6 is 11.8 Å². The molecule has 0 bridgehead atoms. The fourth-order valence-electron chi connectivity index (χ4n) is 3.05. The first kappa shape index (κ1) is 17.2. The lowest BCUT2D eigenvalue weighted by atomic mass is 10.1. The number of hydrogen-bond acceptors (Lipinski definition) is 3. The molecule has 0 unspecified atom stereocenters. The summed E-state index contributed by atoms with van der Waals surface area (Å²) in [4.78, 5) is 4.81. The molecule has 0 aliphatic carbocycles. The first-order valence-corrected chi connectivity index (χ1v) is 8.96. The van der Waals surface area contributed by atoms with Gasteiger partial charge in [0.2, 0.25) is 0 Å². The van der Waals surface area contributed by atoms with Gasteiger partial charge in [0.1, 0.15) is 17.5 Å². The Morgan fingerprint density at radius 2 is 1.92 bits per heavy atom. The summed E-state index contributed by atoms with van der Waals surface area (Å²) < 4.78 is 49.2. The minimum absolute atomic E-state index is 0.0594. The van der Waals surface area contributed by atoms with Gasteiger partial charge in [0.05, 0.1) is 24.3 Å². The standard InChI is InChI=1S/C19H15F3N2OS/c20-12-4-5-13-17(8-12)26-18(9-24-7-6-23-11-24)19(13)25-10-14-15(21)2-1-3-16(14)22/h1-8,11,18-19H,9-10H2/t18-,19-/m0/s1. The number of benzene rings is 2. The summed E-state index contributed by atoms with van der Waals surface area (Å²) in [6.07, 6.45) is 4.80. The van der Waals surface area contributed by atoms with Crippen molar-refractivity contribution in [1.82, 2.24) is 9.55 Å². The molecule has 1 aliphatic heterocycles. The van der Waals surface area contributed by atoms with Crippen LogP contribution in [0.25, 0.3) is 0 Å². The predicted molar refractivity (Wildman–Crippen MR) is 92.2 cm³/mol. The predicted octanol–water partition coefficient (Wildman–Crippen LogP) is 4.73. The van der Waals surface area contributed by atoms with Crippen LogP contribution in [0.4, 0.5) is 13.2 Å². The molecule has 3 aromatic rings. The number of nitrogens with zero attached hydrogens (tertiary/aromatic N) is 2. The number of fused-ring (bicyclic) bond motifs is 1. The monoisotopic (exact) mass is 376 g/mol. The molecule has 4 rings (SSSR count). The van der Waals surface area contributed by atoms with Crippen molar-refractivity contribution in [1.29, 1.82) is 0 Å². The molecule has 1 aliphatic rings. The van der Waals surface area contributed by atoms with E-state index in [2.05, 4.69) is 4.98 Å². The molecule has 26 heavy (non-hydrogen) atoms. The molecule has 0 N–H and O–H groups in total. The van der Waals surface area contributed by atoms with Gasteiger partial charge in [-0.1, -0.05) is 12.1 Å². The maximum absolute atomic E-state index is 13.9. The highest BCUT2D eigenvalue weighted by molar-refractivity contribution is 8.00. The minimum Gasteiger partial charge on any atom is -0.367 e. The molecule has 3 nitrogen and oxygen atoms in total. The van der Waals surface area contributed by atoms with Crippen molar-refractivity contribution < 1.29 is 17.9 Å². The van der Waals surface area contributed by atoms with Crippen molar-refractivity contribution >= 4 is 11.8 Å². The van der Waals surface area contributed by atoms with Crippen LogP contribution in [0, 0.1) is 17.5 Å². The molecule has 2 heterocycles. The van der Waals surface area contributed by atoms with Crippen LogP contribution in [-0.4, -0.2) is 14.8 Å². The van der Waals surface area contributed by atoms with E-state index in [0.717, 1.165) is 10.5 Å². The van der Waals surface area contributed by atoms with Gasteiger partial charge >= 0.3 is 0 Å². The summed E-state index contributed by atoms with van der Waals surface area (Å²) in [5.74, 6) is -1.60. The molecule has 7 heteroatoms. The number of rotatable bonds is 5. The Labute approximate surface area is 152 Å². The topological polar surface area (TPSA) is 27.1 Å². The smallest absolute Gasteiger partial charge is 0.131 e. The van der Waals surface area contributed by atoms with Gasteiger partial charge in [0, 0.05) is 29.4 Å². The van der Waals surface area contributed by atoms with E-state index < -0.39 is 17.7 Å². The van der Waals surface area contributed by atoms with E-state index in [1.165, 1.54) is 42.1 Å². The van der Waals surface area contributed by atoms with Crippen LogP contribution in [0.15, 0.2) is 60.0 Å². The lowest BCUT2D eigenvalue weighted by Crippen LogP contribution is -2.20. The molecule has 2 aromatic carbocycles. The third-order valence-electron chi connectivity index (χ3n) is 4.32. The molecule has 0 amide bonds. The van der Waals surface area contributed by atoms with E-state index >= 15 is 0 Å². The maximum Gasteiger partial charge on any atom is 0.131 e. The number of halogens is 3. The Morgan fingerprint density at radius 3 is 2.65 bits per heavy atom. The number of aromatic nitrogens is 2. The average molecular weight is 376 g/mol. The number of ether oxygens (including phenoxy) is 1. The molecule has 0 spiro atoms.